The maximum absolute atomic E-state index is 12.7. The fourth-order valence-corrected chi connectivity index (χ4v) is 5.41. The Bertz CT molecular complexity index is 2670. The number of pyridine rings is 2. The molecule has 16 heteroatoms. The molecule has 6 N–H and O–H groups in total. The van der Waals surface area contributed by atoms with Crippen molar-refractivity contribution in [3.63, 3.8) is 0 Å². The number of nitrogen functional groups attached to an aromatic ring is 1. The van der Waals surface area contributed by atoms with Crippen LogP contribution in [0.5, 0.6) is 0 Å². The average Bonchev–Trinajstić information content (AvgIpc) is 3.11. The van der Waals surface area contributed by atoms with Crippen molar-refractivity contribution in [3.05, 3.63) is 171 Å². The number of nitrogens with zero attached hydrogens (tertiary/aromatic N) is 1. The molecule has 52 heavy (non-hydrogen) atoms. The molecular weight excluding hydrogens is 861 g/mol. The number of aromatic amines is 2. The van der Waals surface area contributed by atoms with Gasteiger partial charge in [0.1, 0.15) is 10.9 Å². The molecule has 0 saturated carbocycles. The second-order valence-electron chi connectivity index (χ2n) is 11.0. The molecule has 3 heterocycles. The fraction of sp³-hybridized carbons (Fsp3) is 0.0556. The van der Waals surface area contributed by atoms with E-state index in [1.54, 1.807) is 42.5 Å². The minimum absolute atomic E-state index is 0. The molecule has 0 aliphatic heterocycles. The second-order valence-corrected chi connectivity index (χ2v) is 11.9. The van der Waals surface area contributed by atoms with Gasteiger partial charge in [-0.2, -0.15) is 36.4 Å². The number of anilines is 1. The van der Waals surface area contributed by atoms with Gasteiger partial charge in [-0.15, -0.1) is 0 Å². The van der Waals surface area contributed by atoms with E-state index in [0.29, 0.717) is 38.7 Å². The first-order valence-corrected chi connectivity index (χ1v) is 15.6. The minimum Gasteiger partial charge on any atom is -0.448 e. The van der Waals surface area contributed by atoms with Gasteiger partial charge in [0.2, 0.25) is 0 Å². The Labute approximate surface area is 354 Å². The molecule has 0 aliphatic carbocycles. The predicted octanol–water partition coefficient (Wildman–Crippen LogP) is 3.81. The molecule has 4 aromatic carbocycles. The van der Waals surface area contributed by atoms with Gasteiger partial charge in [0.15, 0.2) is 0 Å². The van der Waals surface area contributed by atoms with Crippen molar-refractivity contribution in [2.45, 2.75) is 13.1 Å². The third-order valence-corrected chi connectivity index (χ3v) is 8.22. The van der Waals surface area contributed by atoms with Crippen molar-refractivity contribution in [1.29, 1.82) is 0 Å². The van der Waals surface area contributed by atoms with E-state index in [0.717, 1.165) is 21.7 Å². The summed E-state index contributed by atoms with van der Waals surface area (Å²) in [6.45, 7) is 0.477. The van der Waals surface area contributed by atoms with Crippen LogP contribution in [0.4, 0.5) is 5.69 Å². The van der Waals surface area contributed by atoms with Gasteiger partial charge >= 0.3 is 11.1 Å². The zero-order valence-corrected chi connectivity index (χ0v) is 34.1. The standard InChI is InChI=1S/C19H11ClN3O4.C17H13ClN3O2.2Y/c20-11-6-4-10(5-7-11)8-21-17(25)13-9-23-15-12(16(13)24)2-1-3-14(15)22-18(26)19(23)27;18-11-6-4-10(5-7-11)8-21-17(23)13-9-20-15-12(16(13)22)2-1-3-14(15)19;;/h2-7,9H,8H2,(H,21,25)(H,22,26);2-7,9H,8,19H2,(H,20,22)(H,21,23);;/q2*-1;;. The van der Waals surface area contributed by atoms with Gasteiger partial charge < -0.3 is 35.9 Å². The number of hydrogen-bond donors (Lipinski definition) is 5. The number of rotatable bonds is 6. The quantitative estimate of drug-likeness (QED) is 0.0955. The smallest absolute Gasteiger partial charge is 0.317 e. The largest absolute Gasteiger partial charge is 0.448 e. The summed E-state index contributed by atoms with van der Waals surface area (Å²) in [5.41, 5.74) is 6.08. The topological polar surface area (TPSA) is 188 Å². The molecule has 0 fully saturated rings. The molecule has 0 saturated heterocycles. The first-order chi connectivity index (χ1) is 24.0. The molecule has 0 atom stereocenters. The fourth-order valence-electron chi connectivity index (χ4n) is 5.16. The molecule has 7 rings (SSSR count). The first kappa shape index (κ1) is 40.7. The molecule has 0 bridgehead atoms. The molecule has 0 unspecified atom stereocenters. The number of amides is 2. The molecule has 0 spiro atoms. The number of H-pyrrole nitrogens is 2. The van der Waals surface area contributed by atoms with E-state index in [9.17, 15) is 28.8 Å². The normalized spacial score (nSPS) is 10.5. The molecular formula is C36H24Cl2N6O6Y2-2. The summed E-state index contributed by atoms with van der Waals surface area (Å²) in [6, 6.07) is 25.4. The first-order valence-electron chi connectivity index (χ1n) is 14.8. The van der Waals surface area contributed by atoms with Gasteiger partial charge in [-0.05, 0) is 51.9 Å². The summed E-state index contributed by atoms with van der Waals surface area (Å²) in [5.74, 6) is -1.10. The number of fused-ring (bicyclic) bond motifs is 1. The van der Waals surface area contributed by atoms with E-state index in [4.69, 9.17) is 28.9 Å². The van der Waals surface area contributed by atoms with E-state index in [1.165, 1.54) is 24.4 Å². The van der Waals surface area contributed by atoms with E-state index < -0.39 is 28.4 Å². The van der Waals surface area contributed by atoms with Crippen LogP contribution < -0.4 is 38.3 Å². The van der Waals surface area contributed by atoms with Crippen molar-refractivity contribution in [2.75, 3.05) is 5.73 Å². The van der Waals surface area contributed by atoms with E-state index >= 15 is 0 Å². The van der Waals surface area contributed by atoms with E-state index in [2.05, 4.69) is 32.7 Å². The monoisotopic (exact) mass is 884 g/mol. The summed E-state index contributed by atoms with van der Waals surface area (Å²) >= 11 is 11.6. The van der Waals surface area contributed by atoms with Gasteiger partial charge in [-0.25, -0.2) is 0 Å². The van der Waals surface area contributed by atoms with Crippen LogP contribution in [-0.4, -0.2) is 26.2 Å². The Morgan fingerprint density at radius 3 is 1.85 bits per heavy atom. The van der Waals surface area contributed by atoms with Gasteiger partial charge in [0.05, 0.1) is 11.1 Å². The molecule has 12 nitrogen and oxygen atoms in total. The number of carbonyl (C=O) groups excluding carboxylic acids is 2. The van der Waals surface area contributed by atoms with Crippen LogP contribution in [0.15, 0.2) is 104 Å². The van der Waals surface area contributed by atoms with Gasteiger partial charge in [-0.1, -0.05) is 63.9 Å². The Morgan fingerprint density at radius 2 is 1.25 bits per heavy atom. The van der Waals surface area contributed by atoms with Crippen LogP contribution in [-0.2, 0) is 78.5 Å². The minimum atomic E-state index is -0.870. The number of benzene rings is 4. The second kappa shape index (κ2) is 17.7. The third kappa shape index (κ3) is 8.77. The molecule has 0 aliphatic rings. The molecule has 2 radical (unpaired) electrons. The number of nitrogens with two attached hydrogens (primary N) is 1. The Hall–Kier alpha value is -4.03. The summed E-state index contributed by atoms with van der Waals surface area (Å²) < 4.78 is 1.02. The van der Waals surface area contributed by atoms with Crippen molar-refractivity contribution in [1.82, 2.24) is 25.0 Å². The van der Waals surface area contributed by atoms with Crippen molar-refractivity contribution in [2.24, 2.45) is 0 Å². The summed E-state index contributed by atoms with van der Waals surface area (Å²) in [6.07, 6.45) is 2.48. The molecule has 3 aromatic heterocycles. The van der Waals surface area contributed by atoms with Gasteiger partial charge in [0, 0.05) is 101 Å². The van der Waals surface area contributed by atoms with E-state index in [-0.39, 0.29) is 99.4 Å². The number of hydrogen-bond acceptors (Lipinski definition) is 7. The Kier molecular flexibility index (Phi) is 13.8. The van der Waals surface area contributed by atoms with Crippen LogP contribution in [0.2, 0.25) is 10.0 Å². The zero-order valence-electron chi connectivity index (χ0n) is 26.9. The number of nitrogens with one attached hydrogen (secondary N) is 4. The molecule has 2 amide bonds. The van der Waals surface area contributed by atoms with Gasteiger partial charge in [0.25, 0.3) is 11.8 Å². The van der Waals surface area contributed by atoms with Crippen molar-refractivity contribution >= 4 is 68.0 Å². The van der Waals surface area contributed by atoms with Crippen LogP contribution in [0.1, 0.15) is 31.8 Å². The zero-order chi connectivity index (χ0) is 35.5. The van der Waals surface area contributed by atoms with Crippen LogP contribution in [0.3, 0.4) is 0 Å². The van der Waals surface area contributed by atoms with Crippen molar-refractivity contribution < 1.29 is 75.0 Å². The Morgan fingerprint density at radius 1 is 0.731 bits per heavy atom. The molecule has 256 valence electrons. The van der Waals surface area contributed by atoms with E-state index in [1.807, 2.05) is 12.1 Å². The third-order valence-electron chi connectivity index (χ3n) is 7.71. The van der Waals surface area contributed by atoms with Crippen LogP contribution in [0.25, 0.3) is 27.3 Å². The Balaban J connectivity index is 0.000000227. The van der Waals surface area contributed by atoms with Gasteiger partial charge in [-0.3, -0.25) is 23.6 Å². The van der Waals surface area contributed by atoms with Crippen LogP contribution in [0, 0.1) is 12.1 Å². The predicted molar refractivity (Wildman–Crippen MR) is 191 cm³/mol. The number of aromatic nitrogens is 3. The number of carbonyl (C=O) groups is 2. The maximum Gasteiger partial charge on any atom is 0.317 e. The average molecular weight is 885 g/mol. The molecule has 7 aromatic rings. The number of halogens is 2. The maximum atomic E-state index is 12.7. The SMILES string of the molecule is Nc1c[c-]cc2c(=O)c(C(=O)NCc3ccc(Cl)cc3)c[nH]c12.O=C(NCc1ccc(Cl)cc1)c1cn2c(=O)c(=O)[nH]c3c[c-]cc(c1=O)c32.[Y].[Y]. The summed E-state index contributed by atoms with van der Waals surface area (Å²) in [4.78, 5) is 79.2. The van der Waals surface area contributed by atoms with Crippen molar-refractivity contribution in [3.8, 4) is 0 Å². The summed E-state index contributed by atoms with van der Waals surface area (Å²) in [7, 11) is 0. The summed E-state index contributed by atoms with van der Waals surface area (Å²) in [5, 5.41) is 7.00. The van der Waals surface area contributed by atoms with Crippen LogP contribution >= 0.6 is 23.2 Å².